The van der Waals surface area contributed by atoms with Crippen molar-refractivity contribution < 1.29 is 14.3 Å². The van der Waals surface area contributed by atoms with Crippen molar-refractivity contribution in [2.75, 3.05) is 19.0 Å². The fourth-order valence-electron chi connectivity index (χ4n) is 4.92. The number of hydrogen-bond donors (Lipinski definition) is 2. The van der Waals surface area contributed by atoms with E-state index in [1.54, 1.807) is 31.4 Å². The Balaban J connectivity index is 1.52. The molecule has 2 aliphatic heterocycles. The van der Waals surface area contributed by atoms with Gasteiger partial charge in [-0.25, -0.2) is 0 Å². The van der Waals surface area contributed by atoms with Gasteiger partial charge in [-0.1, -0.05) is 41.9 Å². The second-order valence-corrected chi connectivity index (χ2v) is 9.67. The zero-order valence-corrected chi connectivity index (χ0v) is 21.0. The molecular formula is C27H26ClN3O3S. The van der Waals surface area contributed by atoms with E-state index in [-0.39, 0.29) is 11.9 Å². The van der Waals surface area contributed by atoms with Crippen LogP contribution < -0.4 is 20.1 Å². The zero-order valence-electron chi connectivity index (χ0n) is 19.5. The standard InChI is InChI=1S/C27H26ClN3O3S/c1-27-23(25(32)29-19-10-8-18(28)9-11-19)24(21-16-20(33-2)12-13-22(21)34-27)30-26(35)31(27)15-14-17-6-4-3-5-7-17/h3-13,16,23-24H,14-15H2,1-2H3,(H,29,32)(H,30,35). The zero-order chi connectivity index (χ0) is 24.6. The first-order chi connectivity index (χ1) is 16.9. The summed E-state index contributed by atoms with van der Waals surface area (Å²) in [5, 5.41) is 7.63. The highest BCUT2D eigenvalue weighted by Crippen LogP contribution is 2.49. The van der Waals surface area contributed by atoms with Gasteiger partial charge in [0.1, 0.15) is 17.4 Å². The highest BCUT2D eigenvalue weighted by atomic mass is 35.5. The monoisotopic (exact) mass is 507 g/mol. The summed E-state index contributed by atoms with van der Waals surface area (Å²) in [6.07, 6.45) is 0.757. The lowest BCUT2D eigenvalue weighted by Crippen LogP contribution is -2.71. The first-order valence-electron chi connectivity index (χ1n) is 11.4. The van der Waals surface area contributed by atoms with Crippen molar-refractivity contribution in [2.24, 2.45) is 5.92 Å². The molecule has 3 aromatic rings. The number of benzene rings is 3. The minimum absolute atomic E-state index is 0.173. The maximum Gasteiger partial charge on any atom is 0.236 e. The molecular weight excluding hydrogens is 482 g/mol. The van der Waals surface area contributed by atoms with Gasteiger partial charge in [0.05, 0.1) is 13.2 Å². The maximum absolute atomic E-state index is 13.8. The summed E-state index contributed by atoms with van der Waals surface area (Å²) in [6.45, 7) is 2.53. The van der Waals surface area contributed by atoms with Crippen LogP contribution in [0.4, 0.5) is 5.69 Å². The number of nitrogens with one attached hydrogen (secondary N) is 2. The lowest BCUT2D eigenvalue weighted by atomic mass is 9.78. The van der Waals surface area contributed by atoms with Crippen LogP contribution in [0.2, 0.25) is 5.02 Å². The average molecular weight is 508 g/mol. The van der Waals surface area contributed by atoms with E-state index >= 15 is 0 Å². The number of carbonyl (C=O) groups excluding carboxylic acids is 1. The Hall–Kier alpha value is -3.29. The van der Waals surface area contributed by atoms with Crippen LogP contribution in [0.1, 0.15) is 24.1 Å². The Morgan fingerprint density at radius 3 is 2.63 bits per heavy atom. The van der Waals surface area contributed by atoms with Crippen molar-refractivity contribution in [3.05, 3.63) is 88.9 Å². The molecule has 3 atom stereocenters. The van der Waals surface area contributed by atoms with Gasteiger partial charge < -0.3 is 25.0 Å². The Morgan fingerprint density at radius 2 is 1.91 bits per heavy atom. The number of amides is 1. The van der Waals surface area contributed by atoms with Gasteiger partial charge in [-0.05, 0) is 73.6 Å². The molecule has 180 valence electrons. The van der Waals surface area contributed by atoms with E-state index in [1.807, 2.05) is 48.2 Å². The molecule has 0 radical (unpaired) electrons. The minimum Gasteiger partial charge on any atom is -0.497 e. The van der Waals surface area contributed by atoms with Gasteiger partial charge in [-0.15, -0.1) is 0 Å². The Morgan fingerprint density at radius 1 is 1.17 bits per heavy atom. The normalized spacial score (nSPS) is 22.5. The summed E-state index contributed by atoms with van der Waals surface area (Å²) in [4.78, 5) is 15.8. The second-order valence-electron chi connectivity index (χ2n) is 8.85. The summed E-state index contributed by atoms with van der Waals surface area (Å²) in [5.74, 6) is 0.619. The van der Waals surface area contributed by atoms with Gasteiger partial charge in [-0.3, -0.25) is 4.79 Å². The predicted octanol–water partition coefficient (Wildman–Crippen LogP) is 5.19. The summed E-state index contributed by atoms with van der Waals surface area (Å²) < 4.78 is 12.1. The number of carbonyl (C=O) groups is 1. The summed E-state index contributed by atoms with van der Waals surface area (Å²) >= 11 is 11.8. The van der Waals surface area contributed by atoms with Gasteiger partial charge in [-0.2, -0.15) is 0 Å². The van der Waals surface area contributed by atoms with E-state index in [4.69, 9.17) is 33.3 Å². The third-order valence-corrected chi connectivity index (χ3v) is 7.29. The third kappa shape index (κ3) is 4.42. The number of anilines is 1. The molecule has 35 heavy (non-hydrogen) atoms. The maximum atomic E-state index is 13.8. The largest absolute Gasteiger partial charge is 0.497 e. The molecule has 1 amide bonds. The van der Waals surface area contributed by atoms with Gasteiger partial charge >= 0.3 is 0 Å². The highest BCUT2D eigenvalue weighted by molar-refractivity contribution is 7.80. The molecule has 0 aliphatic carbocycles. The van der Waals surface area contributed by atoms with E-state index in [2.05, 4.69) is 22.8 Å². The van der Waals surface area contributed by atoms with Crippen molar-refractivity contribution in [3.8, 4) is 11.5 Å². The van der Waals surface area contributed by atoms with Gasteiger partial charge in [0, 0.05) is 22.8 Å². The molecule has 0 aromatic heterocycles. The Kier molecular flexibility index (Phi) is 6.30. The molecule has 0 spiro atoms. The van der Waals surface area contributed by atoms with Crippen LogP contribution in [0.3, 0.4) is 0 Å². The molecule has 1 fully saturated rings. The van der Waals surface area contributed by atoms with E-state index in [0.29, 0.717) is 33.9 Å². The number of thiocarbonyl (C=S) groups is 1. The van der Waals surface area contributed by atoms with E-state index in [9.17, 15) is 4.79 Å². The number of hydrogen-bond acceptors (Lipinski definition) is 4. The van der Waals surface area contributed by atoms with Crippen molar-refractivity contribution in [3.63, 3.8) is 0 Å². The second kappa shape index (κ2) is 9.40. The van der Waals surface area contributed by atoms with Gasteiger partial charge in [0.15, 0.2) is 10.8 Å². The molecule has 6 nitrogen and oxygen atoms in total. The van der Waals surface area contributed by atoms with E-state index in [1.165, 1.54) is 5.56 Å². The topological polar surface area (TPSA) is 62.8 Å². The molecule has 8 heteroatoms. The lowest BCUT2D eigenvalue weighted by Gasteiger charge is -2.56. The third-order valence-electron chi connectivity index (χ3n) is 6.70. The first-order valence-corrected chi connectivity index (χ1v) is 12.2. The number of methoxy groups -OCH3 is 1. The minimum atomic E-state index is -1.00. The first kappa shape index (κ1) is 23.5. The number of fused-ring (bicyclic) bond motifs is 4. The quantitative estimate of drug-likeness (QED) is 0.448. The smallest absolute Gasteiger partial charge is 0.236 e. The molecule has 0 saturated carbocycles. The molecule has 5 rings (SSSR count). The number of halogens is 1. The van der Waals surface area contributed by atoms with Crippen LogP contribution >= 0.6 is 23.8 Å². The molecule has 2 aliphatic rings. The van der Waals surface area contributed by atoms with Gasteiger partial charge in [0.2, 0.25) is 5.91 Å². The van der Waals surface area contributed by atoms with Crippen LogP contribution in [0.5, 0.6) is 11.5 Å². The molecule has 3 aromatic carbocycles. The number of ether oxygens (including phenoxy) is 2. The molecule has 1 saturated heterocycles. The molecule has 2 N–H and O–H groups in total. The summed E-state index contributed by atoms with van der Waals surface area (Å²) in [7, 11) is 1.62. The Bertz CT molecular complexity index is 1250. The summed E-state index contributed by atoms with van der Waals surface area (Å²) in [5.41, 5.74) is 1.68. The molecule has 2 bridgehead atoms. The summed E-state index contributed by atoms with van der Waals surface area (Å²) in [6, 6.07) is 22.5. The van der Waals surface area contributed by atoms with Crippen LogP contribution in [-0.2, 0) is 11.2 Å². The molecule has 3 unspecified atom stereocenters. The fourth-order valence-corrected chi connectivity index (χ4v) is 5.44. The van der Waals surface area contributed by atoms with Crippen LogP contribution in [0, 0.1) is 5.92 Å². The van der Waals surface area contributed by atoms with E-state index in [0.717, 1.165) is 12.0 Å². The van der Waals surface area contributed by atoms with Crippen molar-refractivity contribution >= 4 is 40.5 Å². The predicted molar refractivity (Wildman–Crippen MR) is 141 cm³/mol. The van der Waals surface area contributed by atoms with Gasteiger partial charge in [0.25, 0.3) is 0 Å². The Labute approximate surface area is 215 Å². The average Bonchev–Trinajstić information content (AvgIpc) is 2.85. The van der Waals surface area contributed by atoms with Crippen LogP contribution in [-0.4, -0.2) is 35.3 Å². The lowest BCUT2D eigenvalue weighted by molar-refractivity contribution is -0.149. The van der Waals surface area contributed by atoms with Crippen LogP contribution in [0.15, 0.2) is 72.8 Å². The number of nitrogens with zero attached hydrogens (tertiary/aromatic N) is 1. The molecule has 2 heterocycles. The van der Waals surface area contributed by atoms with E-state index < -0.39 is 11.6 Å². The SMILES string of the molecule is COc1ccc2c(c1)C1NC(=S)N(CCc3ccccc3)C(C)(O2)C1C(=O)Nc1ccc(Cl)cc1. The highest BCUT2D eigenvalue weighted by Gasteiger charge is 2.58. The van der Waals surface area contributed by atoms with Crippen molar-refractivity contribution in [2.45, 2.75) is 25.1 Å². The fraction of sp³-hybridized carbons (Fsp3) is 0.259. The van der Waals surface area contributed by atoms with Crippen molar-refractivity contribution in [1.29, 1.82) is 0 Å². The van der Waals surface area contributed by atoms with Crippen molar-refractivity contribution in [1.82, 2.24) is 10.2 Å². The van der Waals surface area contributed by atoms with Crippen LogP contribution in [0.25, 0.3) is 0 Å². The number of rotatable bonds is 6.